The van der Waals surface area contributed by atoms with Crippen LogP contribution in [0.5, 0.6) is 0 Å². The van der Waals surface area contributed by atoms with Crippen LogP contribution in [0.25, 0.3) is 0 Å². The fraction of sp³-hybridized carbons (Fsp3) is 0. The van der Waals surface area contributed by atoms with E-state index >= 15 is 0 Å². The van der Waals surface area contributed by atoms with Crippen molar-refractivity contribution in [2.45, 2.75) is 0 Å². The Kier molecular flexibility index (Phi) is 96.6. The average Bonchev–Trinajstić information content (AvgIpc) is 1.54. The minimum Gasteiger partial charge on any atom is -0.652 e. The van der Waals surface area contributed by atoms with E-state index in [4.69, 9.17) is 45.0 Å². The number of carbonyl (C=O) groups excluding carboxylic acids is 1. The van der Waals surface area contributed by atoms with Gasteiger partial charge in [-0.05, 0) is 6.16 Å². The van der Waals surface area contributed by atoms with Gasteiger partial charge < -0.3 is 45.0 Å². The van der Waals surface area contributed by atoms with Gasteiger partial charge in [-0.15, -0.1) is 0 Å². The van der Waals surface area contributed by atoms with Gasteiger partial charge >= 0.3 is 162 Å². The molecule has 0 aliphatic rings. The van der Waals surface area contributed by atoms with Gasteiger partial charge in [0.25, 0.3) is 0 Å². The summed E-state index contributed by atoms with van der Waals surface area (Å²) in [5, 5.41) is 47.3. The fourth-order valence-corrected chi connectivity index (χ4v) is 0. The van der Waals surface area contributed by atoms with Crippen molar-refractivity contribution in [3.05, 3.63) is 0 Å². The van der Waals surface area contributed by atoms with Gasteiger partial charge in [0.15, 0.2) is 0 Å². The normalized spacial score (nSPS) is 4.50. The van der Waals surface area contributed by atoms with Crippen LogP contribution in [-0.4, -0.2) is 28.7 Å². The Hall–Kier alpha value is 3.08. The molecule has 0 aliphatic carbocycles. The molecule has 0 aromatic heterocycles. The number of hydrogen-bond donors (Lipinski definition) is 2. The predicted molar refractivity (Wildman–Crippen MR) is 21.4 cm³/mol. The van der Waals surface area contributed by atoms with Crippen molar-refractivity contribution in [1.29, 1.82) is 0 Å². The molecule has 0 aromatic rings. The summed E-state index contributed by atoms with van der Waals surface area (Å²) in [7, 11) is 0. The molecule has 0 spiro atoms. The molecule has 0 saturated carbocycles. The van der Waals surface area contributed by atoms with Crippen molar-refractivity contribution in [2.24, 2.45) is 0 Å². The summed E-state index contributed by atoms with van der Waals surface area (Å²) in [6.07, 6.45) is -6.50. The molecular weight excluding hydrogens is 304 g/mol. The zero-order valence-corrected chi connectivity index (χ0v) is 19.5. The van der Waals surface area contributed by atoms with Gasteiger partial charge in [-0.3, -0.25) is 0 Å². The van der Waals surface area contributed by atoms with Crippen LogP contribution in [0.3, 0.4) is 0 Å². The SMILES string of the molecule is O=C([O-])O.O=C([O-])O.O=C([O-])[O-].[K+].[K+].[Na+].[Na+]. The zero-order valence-electron chi connectivity index (χ0n) is 9.25. The molecule has 0 amide bonds. The first-order chi connectivity index (χ1) is 5.20. The van der Waals surface area contributed by atoms with Crippen molar-refractivity contribution in [2.75, 3.05) is 0 Å². The largest absolute Gasteiger partial charge is 1.00 e. The van der Waals surface area contributed by atoms with E-state index in [0.29, 0.717) is 0 Å². The summed E-state index contributed by atoms with van der Waals surface area (Å²) in [6.45, 7) is 0. The molecule has 0 heterocycles. The molecule has 0 rings (SSSR count). The second-order valence-electron chi connectivity index (χ2n) is 0.782. The van der Waals surface area contributed by atoms with E-state index < -0.39 is 18.5 Å². The number of hydrogen-bond acceptors (Lipinski definition) is 7. The van der Waals surface area contributed by atoms with Crippen LogP contribution in [0.4, 0.5) is 14.4 Å². The monoisotopic (exact) mass is 306 g/mol. The molecule has 0 bridgehead atoms. The van der Waals surface area contributed by atoms with Gasteiger partial charge in [-0.25, -0.2) is 0 Å². The maximum Gasteiger partial charge on any atom is 1.00 e. The maximum absolute atomic E-state index is 8.44. The topological polar surface area (TPSA) is 184 Å². The van der Waals surface area contributed by atoms with E-state index in [1.165, 1.54) is 0 Å². The molecule has 72 valence electrons. The van der Waals surface area contributed by atoms with Gasteiger partial charge in [-0.2, -0.15) is 0 Å². The number of carbonyl (C=O) groups is 3. The van der Waals surface area contributed by atoms with Crippen LogP contribution in [0.15, 0.2) is 0 Å². The molecule has 0 saturated heterocycles. The standard InChI is InChI=1S/3CH2O3.2K.2Na/c3*2-1(3)4;;;;/h3*(H2,2,3,4);;;;/q;;;4*+1/p-4. The molecule has 2 N–H and O–H groups in total. The summed E-state index contributed by atoms with van der Waals surface area (Å²) >= 11 is 0. The summed E-state index contributed by atoms with van der Waals surface area (Å²) in [4.78, 5) is 25.2. The maximum atomic E-state index is 8.44. The molecule has 0 radical (unpaired) electrons. The van der Waals surface area contributed by atoms with E-state index in [1.807, 2.05) is 0 Å². The summed E-state index contributed by atoms with van der Waals surface area (Å²) < 4.78 is 0. The van der Waals surface area contributed by atoms with Crippen LogP contribution >= 0.6 is 0 Å². The third-order valence-electron chi connectivity index (χ3n) is 0. The third kappa shape index (κ3) is 465. The van der Waals surface area contributed by atoms with Gasteiger partial charge in [0.2, 0.25) is 12.3 Å². The summed E-state index contributed by atoms with van der Waals surface area (Å²) in [6, 6.07) is 0. The summed E-state index contributed by atoms with van der Waals surface area (Å²) in [5.41, 5.74) is 0. The van der Waals surface area contributed by atoms with Gasteiger partial charge in [-0.1, -0.05) is 0 Å². The molecule has 0 fully saturated rings. The molecule has 13 heteroatoms. The van der Waals surface area contributed by atoms with E-state index in [1.54, 1.807) is 0 Å². The average molecular weight is 306 g/mol. The van der Waals surface area contributed by atoms with Crippen LogP contribution < -0.4 is 182 Å². The van der Waals surface area contributed by atoms with Crippen molar-refractivity contribution in [3.63, 3.8) is 0 Å². The fourth-order valence-electron chi connectivity index (χ4n) is 0. The smallest absolute Gasteiger partial charge is 0.652 e. The second-order valence-corrected chi connectivity index (χ2v) is 0.782. The quantitative estimate of drug-likeness (QED) is 0.410. The minimum atomic E-state index is -2.33. The predicted octanol–water partition coefficient (Wildman–Crippen LogP) is -16.7. The summed E-state index contributed by atoms with van der Waals surface area (Å²) in [5.74, 6) is 0. The Labute approximate surface area is 219 Å². The molecule has 0 aliphatic heterocycles. The van der Waals surface area contributed by atoms with Crippen molar-refractivity contribution in [3.8, 4) is 0 Å². The first-order valence-electron chi connectivity index (χ1n) is 1.88. The van der Waals surface area contributed by atoms with Crippen LogP contribution in [0, 0.1) is 0 Å². The first kappa shape index (κ1) is 42.7. The van der Waals surface area contributed by atoms with Crippen molar-refractivity contribution in [1.82, 2.24) is 0 Å². The van der Waals surface area contributed by atoms with Gasteiger partial charge in [0.05, 0.1) is 0 Å². The Balaban J connectivity index is -0.0000000135. The third-order valence-corrected chi connectivity index (χ3v) is 0. The Bertz CT molecular complexity index is 124. The van der Waals surface area contributed by atoms with E-state index in [2.05, 4.69) is 0 Å². The molecule has 0 unspecified atom stereocenters. The molecular formula is C3H2K2Na2O9. The Morgan fingerprint density at radius 1 is 0.688 bits per heavy atom. The van der Waals surface area contributed by atoms with Crippen molar-refractivity contribution < 1.29 is 207 Å². The van der Waals surface area contributed by atoms with E-state index in [0.717, 1.165) is 0 Å². The van der Waals surface area contributed by atoms with Gasteiger partial charge in [0.1, 0.15) is 0 Å². The van der Waals surface area contributed by atoms with E-state index in [-0.39, 0.29) is 162 Å². The second kappa shape index (κ2) is 36.1. The van der Waals surface area contributed by atoms with Crippen molar-refractivity contribution >= 4 is 18.5 Å². The molecule has 9 nitrogen and oxygen atoms in total. The molecule has 0 atom stereocenters. The molecule has 0 aromatic carbocycles. The zero-order chi connectivity index (χ0) is 10.7. The minimum absolute atomic E-state index is 0. The van der Waals surface area contributed by atoms with Crippen LogP contribution in [0.1, 0.15) is 0 Å². The first-order valence-corrected chi connectivity index (χ1v) is 1.88. The number of carboxylic acid groups (broad SMARTS) is 6. The van der Waals surface area contributed by atoms with Crippen LogP contribution in [-0.2, 0) is 0 Å². The van der Waals surface area contributed by atoms with E-state index in [9.17, 15) is 0 Å². The van der Waals surface area contributed by atoms with Crippen LogP contribution in [0.2, 0.25) is 0 Å². The number of rotatable bonds is 0. The molecule has 16 heavy (non-hydrogen) atoms. The Morgan fingerprint density at radius 2 is 0.688 bits per heavy atom. The van der Waals surface area contributed by atoms with Gasteiger partial charge in [0, 0.05) is 0 Å². The Morgan fingerprint density at radius 3 is 0.688 bits per heavy atom.